The van der Waals surface area contributed by atoms with Gasteiger partial charge in [-0.05, 0) is 19.1 Å². The molecule has 0 bridgehead atoms. The number of nitrogens with one attached hydrogen (secondary N) is 1. The van der Waals surface area contributed by atoms with Gasteiger partial charge >= 0.3 is 0 Å². The molecule has 0 aliphatic carbocycles. The summed E-state index contributed by atoms with van der Waals surface area (Å²) in [7, 11) is 1.59. The Kier molecular flexibility index (Phi) is 4.57. The highest BCUT2D eigenvalue weighted by atomic mass is 16.5. The Bertz CT molecular complexity index is 809. The van der Waals surface area contributed by atoms with Crippen LogP contribution in [0.3, 0.4) is 0 Å². The van der Waals surface area contributed by atoms with Gasteiger partial charge in [0.25, 0.3) is 5.91 Å². The molecule has 2 aromatic carbocycles. The molecule has 5 nitrogen and oxygen atoms in total. The molecule has 0 saturated carbocycles. The fourth-order valence-corrected chi connectivity index (χ4v) is 3.03. The highest BCUT2D eigenvalue weighted by Crippen LogP contribution is 2.31. The van der Waals surface area contributed by atoms with Gasteiger partial charge in [-0.2, -0.15) is 0 Å². The molecule has 1 heterocycles. The molecule has 0 aromatic heterocycles. The van der Waals surface area contributed by atoms with Gasteiger partial charge < -0.3 is 10.1 Å². The van der Waals surface area contributed by atoms with Gasteiger partial charge in [0.1, 0.15) is 12.3 Å². The van der Waals surface area contributed by atoms with Gasteiger partial charge in [0, 0.05) is 22.4 Å². The molecule has 5 heteroatoms. The van der Waals surface area contributed by atoms with Crippen molar-refractivity contribution in [2.75, 3.05) is 13.7 Å². The SMILES string of the molecule is C=C1c2ccccc2C(=O)N1CC(=O)N[C@H](C)c1ccccc1OC. The quantitative estimate of drug-likeness (QED) is 0.913. The third kappa shape index (κ3) is 3.13. The van der Waals surface area contributed by atoms with Crippen LogP contribution in [0.4, 0.5) is 0 Å². The normalized spacial score (nSPS) is 14.2. The average molecular weight is 336 g/mol. The van der Waals surface area contributed by atoms with Crippen LogP contribution in [0, 0.1) is 0 Å². The van der Waals surface area contributed by atoms with Crippen molar-refractivity contribution in [1.29, 1.82) is 0 Å². The molecule has 1 aliphatic rings. The van der Waals surface area contributed by atoms with Crippen molar-refractivity contribution < 1.29 is 14.3 Å². The molecule has 0 spiro atoms. The summed E-state index contributed by atoms with van der Waals surface area (Å²) in [4.78, 5) is 26.3. The summed E-state index contributed by atoms with van der Waals surface area (Å²) in [5.41, 5.74) is 2.80. The summed E-state index contributed by atoms with van der Waals surface area (Å²) in [6, 6.07) is 14.5. The van der Waals surface area contributed by atoms with Gasteiger partial charge in [0.15, 0.2) is 0 Å². The smallest absolute Gasteiger partial charge is 0.259 e. The molecular formula is C20H20N2O3. The lowest BCUT2D eigenvalue weighted by Crippen LogP contribution is -2.38. The van der Waals surface area contributed by atoms with Crippen LogP contribution >= 0.6 is 0 Å². The first-order chi connectivity index (χ1) is 12.0. The zero-order valence-electron chi connectivity index (χ0n) is 14.3. The van der Waals surface area contributed by atoms with E-state index in [0.717, 1.165) is 11.1 Å². The Hall–Kier alpha value is -3.08. The predicted molar refractivity (Wildman–Crippen MR) is 96.1 cm³/mol. The van der Waals surface area contributed by atoms with E-state index in [-0.39, 0.29) is 24.4 Å². The maximum Gasteiger partial charge on any atom is 0.259 e. The van der Waals surface area contributed by atoms with E-state index in [1.165, 1.54) is 4.90 Å². The van der Waals surface area contributed by atoms with Crippen LogP contribution in [0.15, 0.2) is 55.1 Å². The second kappa shape index (κ2) is 6.81. The van der Waals surface area contributed by atoms with Crippen LogP contribution < -0.4 is 10.1 Å². The second-order valence-corrected chi connectivity index (χ2v) is 5.91. The van der Waals surface area contributed by atoms with Crippen molar-refractivity contribution in [3.8, 4) is 5.75 Å². The second-order valence-electron chi connectivity index (χ2n) is 5.91. The molecule has 2 amide bonds. The molecular weight excluding hydrogens is 316 g/mol. The molecule has 0 fully saturated rings. The van der Waals surface area contributed by atoms with Gasteiger partial charge in [0.05, 0.1) is 13.2 Å². The van der Waals surface area contributed by atoms with Crippen molar-refractivity contribution in [2.45, 2.75) is 13.0 Å². The van der Waals surface area contributed by atoms with Crippen molar-refractivity contribution in [2.24, 2.45) is 0 Å². The fraction of sp³-hybridized carbons (Fsp3) is 0.200. The number of carbonyl (C=O) groups is 2. The van der Waals surface area contributed by atoms with Crippen molar-refractivity contribution in [3.63, 3.8) is 0 Å². The van der Waals surface area contributed by atoms with E-state index in [1.807, 2.05) is 43.3 Å². The summed E-state index contributed by atoms with van der Waals surface area (Å²) in [6.07, 6.45) is 0. The lowest BCUT2D eigenvalue weighted by molar-refractivity contribution is -0.121. The number of nitrogens with zero attached hydrogens (tertiary/aromatic N) is 1. The molecule has 2 aromatic rings. The van der Waals surface area contributed by atoms with Gasteiger partial charge in [-0.3, -0.25) is 14.5 Å². The monoisotopic (exact) mass is 336 g/mol. The number of para-hydroxylation sites is 1. The number of methoxy groups -OCH3 is 1. The third-order valence-electron chi connectivity index (χ3n) is 4.32. The Balaban J connectivity index is 1.69. The summed E-state index contributed by atoms with van der Waals surface area (Å²) < 4.78 is 5.33. The average Bonchev–Trinajstić information content (AvgIpc) is 2.87. The van der Waals surface area contributed by atoms with Crippen LogP contribution in [0.25, 0.3) is 5.70 Å². The Labute approximate surface area is 146 Å². The van der Waals surface area contributed by atoms with Crippen LogP contribution in [0.2, 0.25) is 0 Å². The van der Waals surface area contributed by atoms with Crippen LogP contribution in [-0.4, -0.2) is 30.4 Å². The maximum absolute atomic E-state index is 12.5. The standard InChI is InChI=1S/C20H20N2O3/c1-13(15-8-6-7-11-18(15)25-3)21-19(23)12-22-14(2)16-9-4-5-10-17(16)20(22)24/h4-11,13H,2,12H2,1,3H3,(H,21,23)/t13-/m1/s1. The summed E-state index contributed by atoms with van der Waals surface area (Å²) >= 11 is 0. The minimum absolute atomic E-state index is 0.0637. The zero-order valence-corrected chi connectivity index (χ0v) is 14.3. The lowest BCUT2D eigenvalue weighted by Gasteiger charge is -2.21. The number of hydrogen-bond donors (Lipinski definition) is 1. The van der Waals surface area contributed by atoms with Gasteiger partial charge in [-0.1, -0.05) is 43.0 Å². The van der Waals surface area contributed by atoms with E-state index in [0.29, 0.717) is 17.0 Å². The molecule has 128 valence electrons. The number of fused-ring (bicyclic) bond motifs is 1. The molecule has 1 aliphatic heterocycles. The number of rotatable bonds is 5. The van der Waals surface area contributed by atoms with Crippen LogP contribution in [-0.2, 0) is 4.79 Å². The molecule has 0 saturated heterocycles. The predicted octanol–water partition coefficient (Wildman–Crippen LogP) is 3.00. The highest BCUT2D eigenvalue weighted by Gasteiger charge is 2.32. The maximum atomic E-state index is 12.5. The first-order valence-corrected chi connectivity index (χ1v) is 8.05. The minimum Gasteiger partial charge on any atom is -0.496 e. The summed E-state index contributed by atoms with van der Waals surface area (Å²) in [5.74, 6) is 0.269. The molecule has 25 heavy (non-hydrogen) atoms. The van der Waals surface area contributed by atoms with Gasteiger partial charge in [-0.25, -0.2) is 0 Å². The topological polar surface area (TPSA) is 58.6 Å². The van der Waals surface area contributed by atoms with Crippen molar-refractivity contribution in [1.82, 2.24) is 10.2 Å². The number of hydrogen-bond acceptors (Lipinski definition) is 3. The first kappa shape index (κ1) is 16.8. The molecule has 0 radical (unpaired) electrons. The van der Waals surface area contributed by atoms with E-state index in [2.05, 4.69) is 11.9 Å². The first-order valence-electron chi connectivity index (χ1n) is 8.05. The zero-order chi connectivity index (χ0) is 18.0. The van der Waals surface area contributed by atoms with Crippen LogP contribution in [0.1, 0.15) is 34.5 Å². The molecule has 1 atom stereocenters. The lowest BCUT2D eigenvalue weighted by atomic mass is 10.1. The third-order valence-corrected chi connectivity index (χ3v) is 4.32. The molecule has 3 rings (SSSR count). The summed E-state index contributed by atoms with van der Waals surface area (Å²) in [5, 5.41) is 2.91. The van der Waals surface area contributed by atoms with Crippen molar-refractivity contribution >= 4 is 17.5 Å². The van der Waals surface area contributed by atoms with E-state index < -0.39 is 0 Å². The number of benzene rings is 2. The fourth-order valence-electron chi connectivity index (χ4n) is 3.03. The largest absolute Gasteiger partial charge is 0.496 e. The summed E-state index contributed by atoms with van der Waals surface area (Å²) in [6.45, 7) is 5.77. The highest BCUT2D eigenvalue weighted by molar-refractivity contribution is 6.10. The number of ether oxygens (including phenoxy) is 1. The van der Waals surface area contributed by atoms with Gasteiger partial charge in [0.2, 0.25) is 5.91 Å². The van der Waals surface area contributed by atoms with E-state index >= 15 is 0 Å². The Morgan fingerprint density at radius 2 is 1.80 bits per heavy atom. The number of carbonyl (C=O) groups excluding carboxylic acids is 2. The van der Waals surface area contributed by atoms with E-state index in [9.17, 15) is 9.59 Å². The molecule has 1 N–H and O–H groups in total. The van der Waals surface area contributed by atoms with Crippen molar-refractivity contribution in [3.05, 3.63) is 71.8 Å². The van der Waals surface area contributed by atoms with Gasteiger partial charge in [-0.15, -0.1) is 0 Å². The van der Waals surface area contributed by atoms with Crippen LogP contribution in [0.5, 0.6) is 5.75 Å². The van der Waals surface area contributed by atoms with E-state index in [1.54, 1.807) is 19.2 Å². The number of amides is 2. The Morgan fingerprint density at radius 1 is 1.16 bits per heavy atom. The Morgan fingerprint density at radius 3 is 2.48 bits per heavy atom. The molecule has 0 unspecified atom stereocenters. The minimum atomic E-state index is -0.249. The van der Waals surface area contributed by atoms with E-state index in [4.69, 9.17) is 4.74 Å².